The van der Waals surface area contributed by atoms with Crippen LogP contribution in [0.3, 0.4) is 0 Å². The first-order chi connectivity index (χ1) is 10.9. The second kappa shape index (κ2) is 6.69. The van der Waals surface area contributed by atoms with Gasteiger partial charge in [0, 0.05) is 12.6 Å². The van der Waals surface area contributed by atoms with E-state index >= 15 is 0 Å². The Bertz CT molecular complexity index is 769. The van der Waals surface area contributed by atoms with Crippen LogP contribution in [0.25, 0.3) is 0 Å². The van der Waals surface area contributed by atoms with Gasteiger partial charge in [0.05, 0.1) is 10.5 Å². The van der Waals surface area contributed by atoms with Crippen LogP contribution in [0.4, 0.5) is 5.69 Å². The van der Waals surface area contributed by atoms with Crippen molar-refractivity contribution in [1.29, 1.82) is 0 Å². The van der Waals surface area contributed by atoms with Crippen LogP contribution in [0.2, 0.25) is 0 Å². The zero-order valence-corrected chi connectivity index (χ0v) is 12.3. The van der Waals surface area contributed by atoms with E-state index < -0.39 is 28.1 Å². The van der Waals surface area contributed by atoms with Crippen molar-refractivity contribution >= 4 is 17.6 Å². The highest BCUT2D eigenvalue weighted by molar-refractivity contribution is 6.07. The van der Waals surface area contributed by atoms with Gasteiger partial charge in [-0.2, -0.15) is 0 Å². The van der Waals surface area contributed by atoms with E-state index in [0.717, 1.165) is 17.2 Å². The van der Waals surface area contributed by atoms with Crippen molar-refractivity contribution in [2.45, 2.75) is 13.5 Å². The van der Waals surface area contributed by atoms with E-state index in [1.54, 1.807) is 0 Å². The molecule has 1 amide bonds. The van der Waals surface area contributed by atoms with Crippen LogP contribution in [0.15, 0.2) is 42.5 Å². The third-order valence-corrected chi connectivity index (χ3v) is 3.27. The van der Waals surface area contributed by atoms with Gasteiger partial charge in [0.15, 0.2) is 0 Å². The molecule has 0 saturated heterocycles. The molecular weight excluding hydrogens is 300 g/mol. The third kappa shape index (κ3) is 3.70. The van der Waals surface area contributed by atoms with Crippen LogP contribution in [-0.4, -0.2) is 21.9 Å². The predicted molar refractivity (Wildman–Crippen MR) is 82.4 cm³/mol. The number of nitro groups is 1. The molecule has 2 aromatic rings. The molecule has 7 nitrogen and oxygen atoms in total. The number of amides is 1. The lowest BCUT2D eigenvalue weighted by atomic mass is 10.0. The number of carbonyl (C=O) groups is 2. The summed E-state index contributed by atoms with van der Waals surface area (Å²) >= 11 is 0. The monoisotopic (exact) mass is 314 g/mol. The lowest BCUT2D eigenvalue weighted by molar-refractivity contribution is -0.385. The number of carboxylic acid groups (broad SMARTS) is 1. The second-order valence-electron chi connectivity index (χ2n) is 4.93. The molecule has 0 aliphatic rings. The Balaban J connectivity index is 2.25. The smallest absolute Gasteiger partial charge is 0.343 e. The van der Waals surface area contributed by atoms with Crippen molar-refractivity contribution in [3.8, 4) is 0 Å². The molecule has 0 spiro atoms. The van der Waals surface area contributed by atoms with Crippen LogP contribution >= 0.6 is 0 Å². The third-order valence-electron chi connectivity index (χ3n) is 3.27. The first-order valence-corrected chi connectivity index (χ1v) is 6.74. The molecule has 0 unspecified atom stereocenters. The minimum absolute atomic E-state index is 0.195. The molecule has 23 heavy (non-hydrogen) atoms. The fraction of sp³-hybridized carbons (Fsp3) is 0.125. The van der Waals surface area contributed by atoms with E-state index in [2.05, 4.69) is 5.32 Å². The standard InChI is InChI=1S/C16H14N2O5/c1-10-5-7-11(8-6-10)9-17-15(19)12-3-2-4-13(18(22)23)14(12)16(20)21/h2-8H,9H2,1H3,(H,17,19)(H,20,21). The van der Waals surface area contributed by atoms with Gasteiger partial charge in [0.25, 0.3) is 11.6 Å². The van der Waals surface area contributed by atoms with Crippen molar-refractivity contribution in [2.75, 3.05) is 0 Å². The Morgan fingerprint density at radius 1 is 1.17 bits per heavy atom. The van der Waals surface area contributed by atoms with Crippen LogP contribution in [-0.2, 0) is 6.54 Å². The zero-order valence-electron chi connectivity index (χ0n) is 12.3. The number of benzene rings is 2. The summed E-state index contributed by atoms with van der Waals surface area (Å²) in [4.78, 5) is 33.6. The van der Waals surface area contributed by atoms with Crippen molar-refractivity contribution < 1.29 is 19.6 Å². The number of carbonyl (C=O) groups excluding carboxylic acids is 1. The Morgan fingerprint density at radius 2 is 1.83 bits per heavy atom. The number of aryl methyl sites for hydroxylation is 1. The number of aromatic carboxylic acids is 1. The van der Waals surface area contributed by atoms with Gasteiger partial charge in [-0.1, -0.05) is 35.9 Å². The summed E-state index contributed by atoms with van der Waals surface area (Å²) in [5.74, 6) is -2.19. The number of rotatable bonds is 5. The summed E-state index contributed by atoms with van der Waals surface area (Å²) < 4.78 is 0. The van der Waals surface area contributed by atoms with Crippen molar-refractivity contribution in [3.63, 3.8) is 0 Å². The highest BCUT2D eigenvalue weighted by atomic mass is 16.6. The van der Waals surface area contributed by atoms with Crippen molar-refractivity contribution in [1.82, 2.24) is 5.32 Å². The minimum atomic E-state index is -1.52. The average molecular weight is 314 g/mol. The molecule has 0 aromatic heterocycles. The molecule has 7 heteroatoms. The predicted octanol–water partition coefficient (Wildman–Crippen LogP) is 2.53. The van der Waals surface area contributed by atoms with Gasteiger partial charge in [0.1, 0.15) is 5.56 Å². The normalized spacial score (nSPS) is 10.1. The van der Waals surface area contributed by atoms with E-state index in [0.29, 0.717) is 0 Å². The number of hydrogen-bond donors (Lipinski definition) is 2. The quantitative estimate of drug-likeness (QED) is 0.651. The van der Waals surface area contributed by atoms with Crippen LogP contribution in [0, 0.1) is 17.0 Å². The molecular formula is C16H14N2O5. The molecule has 0 saturated carbocycles. The fourth-order valence-electron chi connectivity index (χ4n) is 2.09. The highest BCUT2D eigenvalue weighted by Gasteiger charge is 2.26. The summed E-state index contributed by atoms with van der Waals surface area (Å²) in [5.41, 5.74) is 0.455. The summed E-state index contributed by atoms with van der Waals surface area (Å²) in [7, 11) is 0. The molecule has 2 N–H and O–H groups in total. The lowest BCUT2D eigenvalue weighted by Crippen LogP contribution is -2.25. The van der Waals surface area contributed by atoms with E-state index in [1.165, 1.54) is 12.1 Å². The fourth-order valence-corrected chi connectivity index (χ4v) is 2.09. The van der Waals surface area contributed by atoms with Gasteiger partial charge in [-0.05, 0) is 18.6 Å². The molecule has 118 valence electrons. The highest BCUT2D eigenvalue weighted by Crippen LogP contribution is 2.22. The minimum Gasteiger partial charge on any atom is -0.477 e. The van der Waals surface area contributed by atoms with Crippen LogP contribution < -0.4 is 5.32 Å². The first-order valence-electron chi connectivity index (χ1n) is 6.74. The summed E-state index contributed by atoms with van der Waals surface area (Å²) in [6.07, 6.45) is 0. The van der Waals surface area contributed by atoms with Gasteiger partial charge in [-0.25, -0.2) is 4.79 Å². The molecule has 0 radical (unpaired) electrons. The molecule has 0 aliphatic heterocycles. The lowest BCUT2D eigenvalue weighted by Gasteiger charge is -2.08. The van der Waals surface area contributed by atoms with Gasteiger partial charge in [-0.15, -0.1) is 0 Å². The largest absolute Gasteiger partial charge is 0.477 e. The Labute approximate surface area is 131 Å². The first kappa shape index (κ1) is 16.2. The molecule has 2 aromatic carbocycles. The average Bonchev–Trinajstić information content (AvgIpc) is 2.53. The molecule has 0 aliphatic carbocycles. The number of nitro benzene ring substituents is 1. The second-order valence-corrected chi connectivity index (χ2v) is 4.93. The Morgan fingerprint density at radius 3 is 2.39 bits per heavy atom. The zero-order chi connectivity index (χ0) is 17.0. The van der Waals surface area contributed by atoms with Gasteiger partial charge in [-0.3, -0.25) is 14.9 Å². The maximum absolute atomic E-state index is 12.2. The number of hydrogen-bond acceptors (Lipinski definition) is 4. The molecule has 0 fully saturated rings. The van der Waals surface area contributed by atoms with E-state index in [1.807, 2.05) is 31.2 Å². The van der Waals surface area contributed by atoms with Crippen molar-refractivity contribution in [3.05, 3.63) is 74.8 Å². The van der Waals surface area contributed by atoms with E-state index in [-0.39, 0.29) is 12.1 Å². The topological polar surface area (TPSA) is 110 Å². The van der Waals surface area contributed by atoms with Crippen molar-refractivity contribution in [2.24, 2.45) is 0 Å². The maximum Gasteiger partial charge on any atom is 0.343 e. The Kier molecular flexibility index (Phi) is 4.70. The van der Waals surface area contributed by atoms with Gasteiger partial charge >= 0.3 is 5.97 Å². The Hall–Kier alpha value is -3.22. The number of nitrogens with one attached hydrogen (secondary N) is 1. The summed E-state index contributed by atoms with van der Waals surface area (Å²) in [5, 5.41) is 22.7. The molecule has 2 rings (SSSR count). The van der Waals surface area contributed by atoms with E-state index in [9.17, 15) is 24.8 Å². The SMILES string of the molecule is Cc1ccc(CNC(=O)c2cccc([N+](=O)[O-])c2C(=O)O)cc1. The molecule has 0 heterocycles. The van der Waals surface area contributed by atoms with Crippen LogP contribution in [0.5, 0.6) is 0 Å². The van der Waals surface area contributed by atoms with E-state index in [4.69, 9.17) is 0 Å². The molecule has 0 atom stereocenters. The number of carboxylic acids is 1. The summed E-state index contributed by atoms with van der Waals surface area (Å²) in [6.45, 7) is 2.13. The van der Waals surface area contributed by atoms with Gasteiger partial charge in [0.2, 0.25) is 0 Å². The molecule has 0 bridgehead atoms. The summed E-state index contributed by atoms with van der Waals surface area (Å²) in [6, 6.07) is 11.0. The van der Waals surface area contributed by atoms with Crippen LogP contribution in [0.1, 0.15) is 31.8 Å². The van der Waals surface area contributed by atoms with Gasteiger partial charge < -0.3 is 10.4 Å². The number of nitrogens with zero attached hydrogens (tertiary/aromatic N) is 1. The maximum atomic E-state index is 12.2.